The number of aromatic carboxylic acids is 1. The topological polar surface area (TPSA) is 55.8 Å². The standard InChI is InChI=1S/C22H29N3O2/c26-22(27)20-8-6-7-19(17-20)18-23-11-4-5-12-24-13-15-25(16-14-24)21-9-2-1-3-10-21/h1-3,6-10,17,23H,4-5,11-16,18H2,(H,26,27). The third-order valence-electron chi connectivity index (χ3n) is 5.07. The molecule has 1 heterocycles. The van der Waals surface area contributed by atoms with Crippen LogP contribution in [0.2, 0.25) is 0 Å². The number of unbranched alkanes of at least 4 members (excludes halogenated alkanes) is 1. The number of rotatable bonds is 9. The fourth-order valence-electron chi connectivity index (χ4n) is 3.50. The fourth-order valence-corrected chi connectivity index (χ4v) is 3.50. The molecule has 5 heteroatoms. The molecule has 0 aromatic heterocycles. The molecule has 0 amide bonds. The number of piperazine rings is 1. The molecule has 2 aromatic carbocycles. The van der Waals surface area contributed by atoms with Gasteiger partial charge in [0.25, 0.3) is 0 Å². The molecule has 0 spiro atoms. The number of nitrogens with zero attached hydrogens (tertiary/aromatic N) is 2. The second-order valence-corrected chi connectivity index (χ2v) is 7.05. The Morgan fingerprint density at radius 1 is 0.963 bits per heavy atom. The minimum atomic E-state index is -0.871. The average Bonchev–Trinajstić information content (AvgIpc) is 2.72. The summed E-state index contributed by atoms with van der Waals surface area (Å²) in [6, 6.07) is 17.8. The molecular formula is C22H29N3O2. The van der Waals surface area contributed by atoms with Crippen LogP contribution in [-0.4, -0.2) is 55.2 Å². The van der Waals surface area contributed by atoms with E-state index in [0.717, 1.165) is 57.8 Å². The Morgan fingerprint density at radius 3 is 2.48 bits per heavy atom. The number of hydrogen-bond donors (Lipinski definition) is 2. The Morgan fingerprint density at radius 2 is 1.74 bits per heavy atom. The number of para-hydroxylation sites is 1. The molecule has 0 saturated carbocycles. The maximum absolute atomic E-state index is 11.0. The molecule has 3 rings (SSSR count). The zero-order valence-corrected chi connectivity index (χ0v) is 15.8. The van der Waals surface area contributed by atoms with Crippen LogP contribution in [0.15, 0.2) is 54.6 Å². The molecule has 5 nitrogen and oxygen atoms in total. The van der Waals surface area contributed by atoms with E-state index in [1.165, 1.54) is 12.1 Å². The van der Waals surface area contributed by atoms with E-state index in [0.29, 0.717) is 5.56 Å². The van der Waals surface area contributed by atoms with Crippen LogP contribution in [0, 0.1) is 0 Å². The van der Waals surface area contributed by atoms with Crippen molar-refractivity contribution < 1.29 is 9.90 Å². The lowest BCUT2D eigenvalue weighted by Gasteiger charge is -2.36. The van der Waals surface area contributed by atoms with Crippen LogP contribution in [0.1, 0.15) is 28.8 Å². The van der Waals surface area contributed by atoms with Gasteiger partial charge in [0.05, 0.1) is 5.56 Å². The van der Waals surface area contributed by atoms with Crippen LogP contribution in [0.4, 0.5) is 5.69 Å². The summed E-state index contributed by atoms with van der Waals surface area (Å²) in [5, 5.41) is 12.4. The summed E-state index contributed by atoms with van der Waals surface area (Å²) >= 11 is 0. The molecule has 1 aliphatic rings. The van der Waals surface area contributed by atoms with Crippen molar-refractivity contribution in [3.63, 3.8) is 0 Å². The van der Waals surface area contributed by atoms with Gasteiger partial charge in [0.15, 0.2) is 0 Å². The van der Waals surface area contributed by atoms with Crippen molar-refractivity contribution in [2.24, 2.45) is 0 Å². The Balaban J connectivity index is 1.27. The Kier molecular flexibility index (Phi) is 7.25. The molecule has 0 aliphatic carbocycles. The third-order valence-corrected chi connectivity index (χ3v) is 5.07. The number of carboxylic acid groups (broad SMARTS) is 1. The zero-order chi connectivity index (χ0) is 18.9. The molecule has 2 N–H and O–H groups in total. The number of nitrogens with one attached hydrogen (secondary N) is 1. The van der Waals surface area contributed by atoms with Crippen LogP contribution in [0.25, 0.3) is 0 Å². The molecule has 0 unspecified atom stereocenters. The molecular weight excluding hydrogens is 338 g/mol. The predicted molar refractivity (Wildman–Crippen MR) is 109 cm³/mol. The highest BCUT2D eigenvalue weighted by Gasteiger charge is 2.16. The summed E-state index contributed by atoms with van der Waals surface area (Å²) in [4.78, 5) is 16.0. The van der Waals surface area contributed by atoms with Crippen molar-refractivity contribution in [2.75, 3.05) is 44.2 Å². The van der Waals surface area contributed by atoms with Gasteiger partial charge in [-0.1, -0.05) is 30.3 Å². The normalized spacial score (nSPS) is 15.0. The monoisotopic (exact) mass is 367 g/mol. The van der Waals surface area contributed by atoms with E-state index in [4.69, 9.17) is 5.11 Å². The molecule has 144 valence electrons. The van der Waals surface area contributed by atoms with Crippen molar-refractivity contribution in [1.29, 1.82) is 0 Å². The first-order valence-electron chi connectivity index (χ1n) is 9.78. The maximum atomic E-state index is 11.0. The van der Waals surface area contributed by atoms with Crippen molar-refractivity contribution in [2.45, 2.75) is 19.4 Å². The number of benzene rings is 2. The van der Waals surface area contributed by atoms with Gasteiger partial charge in [-0.05, 0) is 55.8 Å². The molecule has 0 atom stereocenters. The lowest BCUT2D eigenvalue weighted by molar-refractivity contribution is 0.0696. The minimum Gasteiger partial charge on any atom is -0.478 e. The highest BCUT2D eigenvalue weighted by Crippen LogP contribution is 2.15. The molecule has 1 fully saturated rings. The summed E-state index contributed by atoms with van der Waals surface area (Å²) in [6.07, 6.45) is 2.32. The second kappa shape index (κ2) is 10.1. The van der Waals surface area contributed by atoms with Crippen LogP contribution in [0.3, 0.4) is 0 Å². The van der Waals surface area contributed by atoms with Gasteiger partial charge in [-0.2, -0.15) is 0 Å². The van der Waals surface area contributed by atoms with E-state index in [9.17, 15) is 4.79 Å². The molecule has 1 saturated heterocycles. The lowest BCUT2D eigenvalue weighted by atomic mass is 10.1. The van der Waals surface area contributed by atoms with Crippen LogP contribution in [-0.2, 0) is 6.54 Å². The number of carboxylic acids is 1. The van der Waals surface area contributed by atoms with Gasteiger partial charge in [-0.3, -0.25) is 4.90 Å². The van der Waals surface area contributed by atoms with E-state index in [2.05, 4.69) is 45.4 Å². The van der Waals surface area contributed by atoms with Crippen LogP contribution in [0.5, 0.6) is 0 Å². The minimum absolute atomic E-state index is 0.351. The molecule has 0 bridgehead atoms. The van der Waals surface area contributed by atoms with Gasteiger partial charge in [0.1, 0.15) is 0 Å². The van der Waals surface area contributed by atoms with E-state index in [-0.39, 0.29) is 0 Å². The smallest absolute Gasteiger partial charge is 0.335 e. The SMILES string of the molecule is O=C(O)c1cccc(CNCCCCN2CCN(c3ccccc3)CC2)c1. The molecule has 0 radical (unpaired) electrons. The van der Waals surface area contributed by atoms with Crippen molar-refractivity contribution in [1.82, 2.24) is 10.2 Å². The Labute approximate surface area is 161 Å². The number of anilines is 1. The van der Waals surface area contributed by atoms with E-state index >= 15 is 0 Å². The number of hydrogen-bond acceptors (Lipinski definition) is 4. The summed E-state index contributed by atoms with van der Waals surface area (Å²) in [6.45, 7) is 7.29. The van der Waals surface area contributed by atoms with Crippen molar-refractivity contribution >= 4 is 11.7 Å². The van der Waals surface area contributed by atoms with Gasteiger partial charge >= 0.3 is 5.97 Å². The first kappa shape index (κ1) is 19.4. The van der Waals surface area contributed by atoms with Crippen LogP contribution >= 0.6 is 0 Å². The van der Waals surface area contributed by atoms with Crippen molar-refractivity contribution in [3.05, 3.63) is 65.7 Å². The Hall–Kier alpha value is -2.37. The summed E-state index contributed by atoms with van der Waals surface area (Å²) in [5.74, 6) is -0.871. The largest absolute Gasteiger partial charge is 0.478 e. The quantitative estimate of drug-likeness (QED) is 0.667. The van der Waals surface area contributed by atoms with E-state index in [1.807, 2.05) is 6.07 Å². The molecule has 1 aliphatic heterocycles. The van der Waals surface area contributed by atoms with E-state index in [1.54, 1.807) is 18.2 Å². The summed E-state index contributed by atoms with van der Waals surface area (Å²) in [5.41, 5.74) is 2.70. The van der Waals surface area contributed by atoms with Crippen LogP contribution < -0.4 is 10.2 Å². The van der Waals surface area contributed by atoms with Gasteiger partial charge in [-0.25, -0.2) is 4.79 Å². The highest BCUT2D eigenvalue weighted by molar-refractivity contribution is 5.87. The molecule has 27 heavy (non-hydrogen) atoms. The van der Waals surface area contributed by atoms with Gasteiger partial charge in [-0.15, -0.1) is 0 Å². The van der Waals surface area contributed by atoms with Gasteiger partial charge in [0, 0.05) is 38.4 Å². The first-order valence-corrected chi connectivity index (χ1v) is 9.78. The zero-order valence-electron chi connectivity index (χ0n) is 15.8. The number of carbonyl (C=O) groups is 1. The maximum Gasteiger partial charge on any atom is 0.335 e. The highest BCUT2D eigenvalue weighted by atomic mass is 16.4. The average molecular weight is 367 g/mol. The lowest BCUT2D eigenvalue weighted by Crippen LogP contribution is -2.46. The summed E-state index contributed by atoms with van der Waals surface area (Å²) < 4.78 is 0. The van der Waals surface area contributed by atoms with E-state index < -0.39 is 5.97 Å². The van der Waals surface area contributed by atoms with Gasteiger partial charge in [0.2, 0.25) is 0 Å². The van der Waals surface area contributed by atoms with Gasteiger partial charge < -0.3 is 15.3 Å². The first-order chi connectivity index (χ1) is 13.2. The second-order valence-electron chi connectivity index (χ2n) is 7.05. The molecule has 2 aromatic rings. The third kappa shape index (κ3) is 6.08. The predicted octanol–water partition coefficient (Wildman–Crippen LogP) is 3.08. The summed E-state index contributed by atoms with van der Waals surface area (Å²) in [7, 11) is 0. The Bertz CT molecular complexity index is 713. The fraction of sp³-hybridized carbons (Fsp3) is 0.409. The van der Waals surface area contributed by atoms with Crippen molar-refractivity contribution in [3.8, 4) is 0 Å².